The molecule has 230 valence electrons. The molecular formula is C28H25F5N2O7S. The van der Waals surface area contributed by atoms with Crippen LogP contribution in [0.2, 0.25) is 0 Å². The quantitative estimate of drug-likeness (QED) is 0.148. The van der Waals surface area contributed by atoms with Crippen LogP contribution in [-0.2, 0) is 24.3 Å². The SMILES string of the molecule is O=C(OCCCN1CCOCC1)c1ccc(NS(=O)(=O)c2cccc(-c3cc(F)ccc3F)c2)cc1OC(=O)C(F)(F)F. The largest absolute Gasteiger partial charge is 0.491 e. The van der Waals surface area contributed by atoms with Crippen molar-refractivity contribution in [3.63, 3.8) is 0 Å². The molecular weight excluding hydrogens is 603 g/mol. The number of morpholine rings is 1. The molecule has 1 saturated heterocycles. The summed E-state index contributed by atoms with van der Waals surface area (Å²) in [5.41, 5.74) is -1.08. The summed E-state index contributed by atoms with van der Waals surface area (Å²) in [6.45, 7) is 3.05. The number of sulfonamides is 1. The van der Waals surface area contributed by atoms with Gasteiger partial charge in [0.2, 0.25) is 0 Å². The zero-order valence-electron chi connectivity index (χ0n) is 22.3. The van der Waals surface area contributed by atoms with Gasteiger partial charge < -0.3 is 14.2 Å². The predicted molar refractivity (Wildman–Crippen MR) is 143 cm³/mol. The summed E-state index contributed by atoms with van der Waals surface area (Å²) >= 11 is 0. The zero-order chi connectivity index (χ0) is 31.2. The highest BCUT2D eigenvalue weighted by Gasteiger charge is 2.42. The number of esters is 2. The van der Waals surface area contributed by atoms with Gasteiger partial charge in [0, 0.05) is 31.3 Å². The number of nitrogens with one attached hydrogen (secondary N) is 1. The van der Waals surface area contributed by atoms with Gasteiger partial charge in [-0.1, -0.05) is 12.1 Å². The molecule has 0 amide bonds. The smallest absolute Gasteiger partial charge is 0.462 e. The molecule has 0 radical (unpaired) electrons. The van der Waals surface area contributed by atoms with Crippen LogP contribution in [0.4, 0.5) is 27.6 Å². The Labute approximate surface area is 243 Å². The first-order valence-corrected chi connectivity index (χ1v) is 14.3. The molecule has 3 aromatic rings. The lowest BCUT2D eigenvalue weighted by Crippen LogP contribution is -2.37. The number of alkyl halides is 3. The summed E-state index contributed by atoms with van der Waals surface area (Å²) in [6.07, 6.45) is -5.00. The summed E-state index contributed by atoms with van der Waals surface area (Å²) in [5.74, 6) is -6.18. The van der Waals surface area contributed by atoms with E-state index in [-0.39, 0.29) is 23.4 Å². The molecule has 0 unspecified atom stereocenters. The molecule has 1 N–H and O–H groups in total. The number of nitrogens with zero attached hydrogens (tertiary/aromatic N) is 1. The average Bonchev–Trinajstić information content (AvgIpc) is 2.96. The van der Waals surface area contributed by atoms with E-state index in [9.17, 15) is 40.0 Å². The molecule has 0 saturated carbocycles. The fourth-order valence-electron chi connectivity index (χ4n) is 4.12. The van der Waals surface area contributed by atoms with Gasteiger partial charge in [0.25, 0.3) is 10.0 Å². The monoisotopic (exact) mass is 628 g/mol. The van der Waals surface area contributed by atoms with Gasteiger partial charge in [-0.2, -0.15) is 13.2 Å². The second kappa shape index (κ2) is 13.5. The van der Waals surface area contributed by atoms with Crippen LogP contribution in [0.5, 0.6) is 5.75 Å². The van der Waals surface area contributed by atoms with Crippen LogP contribution in [0.25, 0.3) is 11.1 Å². The summed E-state index contributed by atoms with van der Waals surface area (Å²) < 4.78 is 110. The van der Waals surface area contributed by atoms with E-state index < -0.39 is 56.0 Å². The van der Waals surface area contributed by atoms with Crippen molar-refractivity contribution in [3.8, 4) is 16.9 Å². The fourth-order valence-corrected chi connectivity index (χ4v) is 5.21. The summed E-state index contributed by atoms with van der Waals surface area (Å²) in [4.78, 5) is 25.9. The minimum Gasteiger partial charge on any atom is -0.462 e. The fraction of sp³-hybridized carbons (Fsp3) is 0.286. The molecule has 1 aliphatic rings. The van der Waals surface area contributed by atoms with E-state index in [0.717, 1.165) is 48.5 Å². The number of hydrogen-bond acceptors (Lipinski definition) is 8. The van der Waals surface area contributed by atoms with Gasteiger partial charge in [-0.3, -0.25) is 9.62 Å². The number of halogens is 5. The Kier molecular flexibility index (Phi) is 9.98. The van der Waals surface area contributed by atoms with Gasteiger partial charge in [-0.25, -0.2) is 26.8 Å². The molecule has 0 atom stereocenters. The van der Waals surface area contributed by atoms with Crippen LogP contribution in [0, 0.1) is 11.6 Å². The molecule has 1 heterocycles. The Morgan fingerprint density at radius 2 is 1.72 bits per heavy atom. The van der Waals surface area contributed by atoms with Gasteiger partial charge in [0.1, 0.15) is 22.9 Å². The summed E-state index contributed by atoms with van der Waals surface area (Å²) in [6, 6.07) is 10.2. The third kappa shape index (κ3) is 8.49. The van der Waals surface area contributed by atoms with Crippen molar-refractivity contribution < 1.29 is 54.2 Å². The molecule has 1 fully saturated rings. The number of ether oxygens (including phenoxy) is 3. The number of benzene rings is 3. The van der Waals surface area contributed by atoms with Crippen LogP contribution in [0.15, 0.2) is 65.6 Å². The van der Waals surface area contributed by atoms with Crippen molar-refractivity contribution >= 4 is 27.6 Å². The summed E-state index contributed by atoms with van der Waals surface area (Å²) in [7, 11) is -4.46. The second-order valence-electron chi connectivity index (χ2n) is 9.30. The molecule has 15 heteroatoms. The van der Waals surface area contributed by atoms with E-state index in [1.165, 1.54) is 12.1 Å². The first kappa shape index (κ1) is 31.8. The Hall–Kier alpha value is -4.08. The van der Waals surface area contributed by atoms with Crippen LogP contribution in [-0.4, -0.2) is 70.9 Å². The third-order valence-corrected chi connectivity index (χ3v) is 7.61. The number of hydrogen-bond donors (Lipinski definition) is 1. The molecule has 9 nitrogen and oxygen atoms in total. The Balaban J connectivity index is 1.54. The van der Waals surface area contributed by atoms with Gasteiger partial charge in [-0.05, 0) is 54.4 Å². The number of carbonyl (C=O) groups excluding carboxylic acids is 2. The second-order valence-corrected chi connectivity index (χ2v) is 11.0. The highest BCUT2D eigenvalue weighted by molar-refractivity contribution is 7.92. The minimum absolute atomic E-state index is 0.0337. The maximum absolute atomic E-state index is 14.3. The standard InChI is InChI=1S/C28H25F5N2O7S/c29-19-5-8-24(30)23(16-19)18-3-1-4-21(15-18)43(38,39)34-20-6-7-22(25(17-20)42-27(37)28(31,32)33)26(36)41-12-2-9-35-10-13-40-14-11-35/h1,3-8,15-17,34H,2,9-14H2. The minimum atomic E-state index is -5.42. The first-order chi connectivity index (χ1) is 20.3. The van der Waals surface area contributed by atoms with E-state index >= 15 is 0 Å². The van der Waals surface area contributed by atoms with Crippen molar-refractivity contribution in [1.82, 2.24) is 4.90 Å². The molecule has 0 aliphatic carbocycles. The topological polar surface area (TPSA) is 111 Å². The van der Waals surface area contributed by atoms with Gasteiger partial charge in [0.05, 0.1) is 30.4 Å². The lowest BCUT2D eigenvalue weighted by atomic mass is 10.1. The Morgan fingerprint density at radius 3 is 2.44 bits per heavy atom. The first-order valence-electron chi connectivity index (χ1n) is 12.8. The van der Waals surface area contributed by atoms with E-state index in [2.05, 4.69) is 14.4 Å². The van der Waals surface area contributed by atoms with Gasteiger partial charge in [0.15, 0.2) is 0 Å². The number of anilines is 1. The molecule has 0 spiro atoms. The van der Waals surface area contributed by atoms with Gasteiger partial charge >= 0.3 is 18.1 Å². The molecule has 4 rings (SSSR count). The van der Waals surface area contributed by atoms with Crippen LogP contribution < -0.4 is 9.46 Å². The highest BCUT2D eigenvalue weighted by atomic mass is 32.2. The lowest BCUT2D eigenvalue weighted by Gasteiger charge is -2.26. The van der Waals surface area contributed by atoms with Crippen molar-refractivity contribution in [3.05, 3.63) is 77.9 Å². The Bertz CT molecular complexity index is 1590. The van der Waals surface area contributed by atoms with E-state index in [0.29, 0.717) is 39.3 Å². The van der Waals surface area contributed by atoms with Crippen molar-refractivity contribution in [2.45, 2.75) is 17.5 Å². The van der Waals surface area contributed by atoms with Gasteiger partial charge in [-0.15, -0.1) is 0 Å². The normalized spacial score (nSPS) is 14.3. The molecule has 3 aromatic carbocycles. The van der Waals surface area contributed by atoms with E-state index in [1.54, 1.807) is 0 Å². The Morgan fingerprint density at radius 1 is 0.977 bits per heavy atom. The molecule has 43 heavy (non-hydrogen) atoms. The van der Waals surface area contributed by atoms with Crippen molar-refractivity contribution in [2.24, 2.45) is 0 Å². The summed E-state index contributed by atoms with van der Waals surface area (Å²) in [5, 5.41) is 0. The molecule has 0 aromatic heterocycles. The van der Waals surface area contributed by atoms with Crippen LogP contribution >= 0.6 is 0 Å². The van der Waals surface area contributed by atoms with Crippen molar-refractivity contribution in [2.75, 3.05) is 44.2 Å². The maximum atomic E-state index is 14.3. The molecule has 1 aliphatic heterocycles. The lowest BCUT2D eigenvalue weighted by molar-refractivity contribution is -0.189. The zero-order valence-corrected chi connectivity index (χ0v) is 23.1. The van der Waals surface area contributed by atoms with Crippen molar-refractivity contribution in [1.29, 1.82) is 0 Å². The third-order valence-electron chi connectivity index (χ3n) is 6.23. The average molecular weight is 629 g/mol. The predicted octanol–water partition coefficient (Wildman–Crippen LogP) is 4.78. The number of carbonyl (C=O) groups is 2. The van der Waals surface area contributed by atoms with E-state index in [1.807, 2.05) is 0 Å². The number of rotatable bonds is 10. The van der Waals surface area contributed by atoms with Crippen LogP contribution in [0.3, 0.4) is 0 Å². The highest BCUT2D eigenvalue weighted by Crippen LogP contribution is 2.30. The molecule has 0 bridgehead atoms. The van der Waals surface area contributed by atoms with Crippen LogP contribution in [0.1, 0.15) is 16.8 Å². The maximum Gasteiger partial charge on any atom is 0.491 e. The van der Waals surface area contributed by atoms with E-state index in [4.69, 9.17) is 9.47 Å².